The molecule has 0 radical (unpaired) electrons. The van der Waals surface area contributed by atoms with Gasteiger partial charge in [-0.05, 0) is 19.4 Å². The van der Waals surface area contributed by atoms with Crippen LogP contribution in [0.1, 0.15) is 25.8 Å². The normalized spacial score (nSPS) is 14.1. The average molecular weight is 192 g/mol. The van der Waals surface area contributed by atoms with Gasteiger partial charge in [0.1, 0.15) is 0 Å². The van der Waals surface area contributed by atoms with Crippen molar-refractivity contribution >= 4 is 5.71 Å². The van der Waals surface area contributed by atoms with Crippen molar-refractivity contribution in [3.63, 3.8) is 0 Å². The Morgan fingerprint density at radius 1 is 1.64 bits per heavy atom. The van der Waals surface area contributed by atoms with Crippen LogP contribution in [-0.4, -0.2) is 28.5 Å². The first kappa shape index (κ1) is 10.9. The minimum Gasteiger partial charge on any atom is -0.394 e. The number of rotatable bonds is 4. The summed E-state index contributed by atoms with van der Waals surface area (Å²) in [6.07, 6.45) is 4.37. The Balaban J connectivity index is 2.78. The van der Waals surface area contributed by atoms with Crippen LogP contribution in [0.4, 0.5) is 0 Å². The monoisotopic (exact) mass is 192 g/mol. The van der Waals surface area contributed by atoms with Crippen LogP contribution in [0.3, 0.4) is 0 Å². The van der Waals surface area contributed by atoms with Crippen molar-refractivity contribution in [2.45, 2.75) is 26.3 Å². The third-order valence-corrected chi connectivity index (χ3v) is 2.14. The fraction of sp³-hybridized carbons (Fsp3) is 0.455. The molecule has 0 fully saturated rings. The van der Waals surface area contributed by atoms with Crippen LogP contribution in [0.25, 0.3) is 0 Å². The van der Waals surface area contributed by atoms with Crippen LogP contribution in [0.2, 0.25) is 0 Å². The maximum absolute atomic E-state index is 9.00. The standard InChI is InChI=1S/C11H16N2O/c1-3-11(8-14)13-9(2)10-5-4-6-12-7-10/h4-7,11,14H,3,8H2,1-2H3/t11-/m1/s1. The summed E-state index contributed by atoms with van der Waals surface area (Å²) in [5.41, 5.74) is 1.94. The van der Waals surface area contributed by atoms with E-state index in [0.717, 1.165) is 17.7 Å². The summed E-state index contributed by atoms with van der Waals surface area (Å²) in [5.74, 6) is 0. The van der Waals surface area contributed by atoms with Crippen molar-refractivity contribution in [3.8, 4) is 0 Å². The van der Waals surface area contributed by atoms with Crippen LogP contribution in [0.5, 0.6) is 0 Å². The molecule has 0 unspecified atom stereocenters. The van der Waals surface area contributed by atoms with E-state index in [9.17, 15) is 0 Å². The number of aliphatic hydroxyl groups is 1. The third-order valence-electron chi connectivity index (χ3n) is 2.14. The highest BCUT2D eigenvalue weighted by Crippen LogP contribution is 2.03. The van der Waals surface area contributed by atoms with Gasteiger partial charge in [-0.3, -0.25) is 9.98 Å². The third kappa shape index (κ3) is 2.92. The van der Waals surface area contributed by atoms with Crippen molar-refractivity contribution in [2.24, 2.45) is 4.99 Å². The largest absolute Gasteiger partial charge is 0.394 e. The Labute approximate surface area is 84.5 Å². The van der Waals surface area contributed by atoms with E-state index in [4.69, 9.17) is 5.11 Å². The van der Waals surface area contributed by atoms with E-state index in [0.29, 0.717) is 0 Å². The van der Waals surface area contributed by atoms with Crippen LogP contribution >= 0.6 is 0 Å². The van der Waals surface area contributed by atoms with Gasteiger partial charge in [0.25, 0.3) is 0 Å². The fourth-order valence-electron chi connectivity index (χ4n) is 1.19. The Morgan fingerprint density at radius 2 is 2.43 bits per heavy atom. The van der Waals surface area contributed by atoms with Crippen molar-refractivity contribution in [1.82, 2.24) is 4.98 Å². The first-order valence-corrected chi connectivity index (χ1v) is 4.83. The molecule has 76 valence electrons. The number of hydrogen-bond acceptors (Lipinski definition) is 3. The highest BCUT2D eigenvalue weighted by atomic mass is 16.3. The van der Waals surface area contributed by atoms with E-state index in [1.54, 1.807) is 12.4 Å². The SMILES string of the molecule is CC[C@H](CO)N=C(C)c1cccnc1. The highest BCUT2D eigenvalue weighted by molar-refractivity contribution is 5.98. The van der Waals surface area contributed by atoms with Crippen LogP contribution in [-0.2, 0) is 0 Å². The maximum atomic E-state index is 9.00. The molecule has 0 saturated heterocycles. The number of hydrogen-bond donors (Lipinski definition) is 1. The summed E-state index contributed by atoms with van der Waals surface area (Å²) in [6, 6.07) is 3.86. The lowest BCUT2D eigenvalue weighted by molar-refractivity contribution is 0.264. The van der Waals surface area contributed by atoms with Crippen LogP contribution in [0, 0.1) is 0 Å². The van der Waals surface area contributed by atoms with E-state index in [2.05, 4.69) is 9.98 Å². The lowest BCUT2D eigenvalue weighted by atomic mass is 10.2. The van der Waals surface area contributed by atoms with Gasteiger partial charge in [0, 0.05) is 23.7 Å². The Morgan fingerprint density at radius 3 is 2.93 bits per heavy atom. The van der Waals surface area contributed by atoms with E-state index >= 15 is 0 Å². The molecule has 1 rings (SSSR count). The second kappa shape index (κ2) is 5.50. The highest BCUT2D eigenvalue weighted by Gasteiger charge is 2.03. The molecule has 0 aliphatic rings. The predicted molar refractivity (Wildman–Crippen MR) is 57.6 cm³/mol. The van der Waals surface area contributed by atoms with E-state index in [1.165, 1.54) is 0 Å². The van der Waals surface area contributed by atoms with E-state index in [1.807, 2.05) is 26.0 Å². The number of nitrogens with zero attached hydrogens (tertiary/aromatic N) is 2. The second-order valence-corrected chi connectivity index (χ2v) is 3.20. The molecule has 3 heteroatoms. The smallest absolute Gasteiger partial charge is 0.0731 e. The number of pyridine rings is 1. The van der Waals surface area contributed by atoms with Gasteiger partial charge in [-0.15, -0.1) is 0 Å². The van der Waals surface area contributed by atoms with E-state index in [-0.39, 0.29) is 12.6 Å². The van der Waals surface area contributed by atoms with Crippen molar-refractivity contribution < 1.29 is 5.11 Å². The quantitative estimate of drug-likeness (QED) is 0.737. The molecule has 14 heavy (non-hydrogen) atoms. The molecule has 0 bridgehead atoms. The molecule has 3 nitrogen and oxygen atoms in total. The van der Waals surface area contributed by atoms with Gasteiger partial charge in [-0.2, -0.15) is 0 Å². The predicted octanol–water partition coefficient (Wildman–Crippen LogP) is 1.66. The van der Waals surface area contributed by atoms with Gasteiger partial charge >= 0.3 is 0 Å². The zero-order valence-corrected chi connectivity index (χ0v) is 8.64. The Kier molecular flexibility index (Phi) is 4.26. The molecule has 0 amide bonds. The molecule has 0 spiro atoms. The first-order chi connectivity index (χ1) is 6.77. The molecule has 0 aromatic carbocycles. The molecule has 0 aliphatic carbocycles. The molecule has 1 heterocycles. The first-order valence-electron chi connectivity index (χ1n) is 4.83. The zero-order chi connectivity index (χ0) is 10.4. The summed E-state index contributed by atoms with van der Waals surface area (Å²) in [7, 11) is 0. The molecular formula is C11H16N2O. The number of aliphatic imine (C=N–C) groups is 1. The van der Waals surface area contributed by atoms with Gasteiger partial charge in [0.15, 0.2) is 0 Å². The second-order valence-electron chi connectivity index (χ2n) is 3.20. The average Bonchev–Trinajstić information content (AvgIpc) is 2.26. The molecular weight excluding hydrogens is 176 g/mol. The molecule has 1 N–H and O–H groups in total. The Hall–Kier alpha value is -1.22. The maximum Gasteiger partial charge on any atom is 0.0731 e. The summed E-state index contributed by atoms with van der Waals surface area (Å²) < 4.78 is 0. The van der Waals surface area contributed by atoms with Crippen molar-refractivity contribution in [2.75, 3.05) is 6.61 Å². The number of aliphatic hydroxyl groups excluding tert-OH is 1. The van der Waals surface area contributed by atoms with Crippen molar-refractivity contribution in [3.05, 3.63) is 30.1 Å². The fourth-order valence-corrected chi connectivity index (χ4v) is 1.19. The number of aromatic nitrogens is 1. The topological polar surface area (TPSA) is 45.5 Å². The van der Waals surface area contributed by atoms with Gasteiger partial charge in [-0.1, -0.05) is 13.0 Å². The van der Waals surface area contributed by atoms with Gasteiger partial charge in [0.2, 0.25) is 0 Å². The molecule has 1 aromatic rings. The van der Waals surface area contributed by atoms with Gasteiger partial charge in [-0.25, -0.2) is 0 Å². The van der Waals surface area contributed by atoms with Crippen LogP contribution in [0.15, 0.2) is 29.5 Å². The Bertz CT molecular complexity index is 291. The lowest BCUT2D eigenvalue weighted by Gasteiger charge is -2.07. The molecule has 0 saturated carbocycles. The lowest BCUT2D eigenvalue weighted by Crippen LogP contribution is -2.11. The minimum atomic E-state index is 0.00945. The molecule has 1 atom stereocenters. The zero-order valence-electron chi connectivity index (χ0n) is 8.64. The van der Waals surface area contributed by atoms with Gasteiger partial charge < -0.3 is 5.11 Å². The summed E-state index contributed by atoms with van der Waals surface area (Å²) in [6.45, 7) is 4.06. The minimum absolute atomic E-state index is 0.00945. The van der Waals surface area contributed by atoms with Gasteiger partial charge in [0.05, 0.1) is 12.6 Å². The summed E-state index contributed by atoms with van der Waals surface area (Å²) in [5, 5.41) is 9.00. The molecule has 1 aromatic heterocycles. The van der Waals surface area contributed by atoms with Crippen molar-refractivity contribution in [1.29, 1.82) is 0 Å². The van der Waals surface area contributed by atoms with E-state index < -0.39 is 0 Å². The summed E-state index contributed by atoms with van der Waals surface area (Å²) in [4.78, 5) is 8.43. The van der Waals surface area contributed by atoms with Crippen LogP contribution < -0.4 is 0 Å². The molecule has 0 aliphatic heterocycles. The summed E-state index contributed by atoms with van der Waals surface area (Å²) >= 11 is 0.